The van der Waals surface area contributed by atoms with Gasteiger partial charge in [0.1, 0.15) is 0 Å². The lowest BCUT2D eigenvalue weighted by Crippen LogP contribution is -2.48. The van der Waals surface area contributed by atoms with Gasteiger partial charge in [-0.15, -0.1) is 22.7 Å². The van der Waals surface area contributed by atoms with Gasteiger partial charge in [0.25, 0.3) is 0 Å². The fraction of sp³-hybridized carbons (Fsp3) is 0.500. The first-order chi connectivity index (χ1) is 10.9. The molecule has 2 aromatic rings. The number of hydrogen-bond donors (Lipinski definition) is 1. The number of nitrogens with two attached hydrogens (primary N) is 1. The van der Waals surface area contributed by atoms with E-state index in [0.29, 0.717) is 23.1 Å². The van der Waals surface area contributed by atoms with Crippen molar-refractivity contribution < 1.29 is 8.42 Å². The van der Waals surface area contributed by atoms with Crippen LogP contribution in [-0.4, -0.2) is 48.8 Å². The lowest BCUT2D eigenvalue weighted by molar-refractivity contribution is 0.183. The Morgan fingerprint density at radius 2 is 1.91 bits per heavy atom. The Labute approximate surface area is 144 Å². The molecule has 0 aliphatic carbocycles. The van der Waals surface area contributed by atoms with Gasteiger partial charge < -0.3 is 5.73 Å². The number of nitrogen functional groups attached to an aromatic ring is 1. The number of rotatable bonds is 4. The molecule has 2 N–H and O–H groups in total. The van der Waals surface area contributed by atoms with Crippen molar-refractivity contribution in [2.75, 3.05) is 31.9 Å². The molecule has 0 unspecified atom stereocenters. The molecule has 0 bridgehead atoms. The predicted octanol–water partition coefficient (Wildman–Crippen LogP) is 1.91. The van der Waals surface area contributed by atoms with E-state index in [1.807, 2.05) is 13.8 Å². The molecule has 1 fully saturated rings. The van der Waals surface area contributed by atoms with Gasteiger partial charge in [0, 0.05) is 53.6 Å². The van der Waals surface area contributed by atoms with Gasteiger partial charge in [-0.3, -0.25) is 4.90 Å². The van der Waals surface area contributed by atoms with Crippen LogP contribution in [0.4, 0.5) is 5.13 Å². The zero-order chi connectivity index (χ0) is 16.6. The lowest BCUT2D eigenvalue weighted by atomic mass is 10.3. The molecule has 9 heteroatoms. The molecule has 2 aromatic heterocycles. The summed E-state index contributed by atoms with van der Waals surface area (Å²) in [4.78, 5) is 9.76. The highest BCUT2D eigenvalue weighted by molar-refractivity contribution is 7.89. The van der Waals surface area contributed by atoms with Crippen LogP contribution in [0, 0.1) is 13.8 Å². The average molecular weight is 373 g/mol. The van der Waals surface area contributed by atoms with Crippen molar-refractivity contribution in [3.05, 3.63) is 26.9 Å². The van der Waals surface area contributed by atoms with Crippen LogP contribution in [-0.2, 0) is 16.6 Å². The van der Waals surface area contributed by atoms with Gasteiger partial charge in [0.05, 0.1) is 4.90 Å². The van der Waals surface area contributed by atoms with Crippen molar-refractivity contribution in [1.82, 2.24) is 14.2 Å². The number of sulfonamides is 1. The van der Waals surface area contributed by atoms with Crippen molar-refractivity contribution in [3.8, 4) is 0 Å². The average Bonchev–Trinajstić information content (AvgIpc) is 3.05. The summed E-state index contributed by atoms with van der Waals surface area (Å²) >= 11 is 3.01. The molecule has 0 saturated carbocycles. The van der Waals surface area contributed by atoms with Gasteiger partial charge in [-0.05, 0) is 19.9 Å². The van der Waals surface area contributed by atoms with Gasteiger partial charge in [0.2, 0.25) is 10.0 Å². The third-order valence-electron chi connectivity index (χ3n) is 3.90. The van der Waals surface area contributed by atoms with E-state index >= 15 is 0 Å². The summed E-state index contributed by atoms with van der Waals surface area (Å²) in [5.41, 5.74) is 5.65. The third-order valence-corrected chi connectivity index (χ3v) is 7.83. The van der Waals surface area contributed by atoms with Crippen LogP contribution < -0.4 is 5.73 Å². The summed E-state index contributed by atoms with van der Waals surface area (Å²) in [6.45, 7) is 7.07. The molecule has 1 aliphatic rings. The second kappa shape index (κ2) is 6.48. The normalized spacial score (nSPS) is 17.7. The standard InChI is InChI=1S/C14H20N4O2S3/c1-10-7-13(11(2)21-10)23(19,20)18-5-3-17(4-6-18)9-12-8-16-14(15)22-12/h7-8H,3-6,9H2,1-2H3,(H2,15,16). The smallest absolute Gasteiger partial charge is 0.244 e. The van der Waals surface area contributed by atoms with Crippen LogP contribution >= 0.6 is 22.7 Å². The van der Waals surface area contributed by atoms with E-state index in [0.717, 1.165) is 34.3 Å². The van der Waals surface area contributed by atoms with E-state index in [1.165, 1.54) is 22.7 Å². The Kier molecular flexibility index (Phi) is 4.75. The summed E-state index contributed by atoms with van der Waals surface area (Å²) < 4.78 is 27.2. The topological polar surface area (TPSA) is 79.5 Å². The fourth-order valence-corrected chi connectivity index (χ4v) is 6.42. The summed E-state index contributed by atoms with van der Waals surface area (Å²) in [5, 5.41) is 0.574. The zero-order valence-corrected chi connectivity index (χ0v) is 15.6. The van der Waals surface area contributed by atoms with Gasteiger partial charge >= 0.3 is 0 Å². The molecule has 0 atom stereocenters. The summed E-state index contributed by atoms with van der Waals surface area (Å²) in [6, 6.07) is 1.78. The van der Waals surface area contributed by atoms with Crippen LogP contribution in [0.25, 0.3) is 0 Å². The maximum Gasteiger partial charge on any atom is 0.244 e. The van der Waals surface area contributed by atoms with E-state index in [2.05, 4.69) is 9.88 Å². The number of piperazine rings is 1. The molecular formula is C14H20N4O2S3. The number of hydrogen-bond acceptors (Lipinski definition) is 7. The first kappa shape index (κ1) is 16.8. The van der Waals surface area contributed by atoms with Crippen LogP contribution in [0.3, 0.4) is 0 Å². The molecule has 6 nitrogen and oxygen atoms in total. The summed E-state index contributed by atoms with van der Waals surface area (Å²) in [7, 11) is -3.38. The maximum absolute atomic E-state index is 12.8. The van der Waals surface area contributed by atoms with Crippen LogP contribution in [0.15, 0.2) is 17.2 Å². The van der Waals surface area contributed by atoms with Crippen LogP contribution in [0.5, 0.6) is 0 Å². The maximum atomic E-state index is 12.8. The van der Waals surface area contributed by atoms with Gasteiger partial charge in [-0.1, -0.05) is 0 Å². The van der Waals surface area contributed by atoms with Crippen molar-refractivity contribution >= 4 is 37.8 Å². The predicted molar refractivity (Wildman–Crippen MR) is 94.4 cm³/mol. The lowest BCUT2D eigenvalue weighted by Gasteiger charge is -2.33. The highest BCUT2D eigenvalue weighted by Crippen LogP contribution is 2.28. The Hall–Kier alpha value is -1.000. The summed E-state index contributed by atoms with van der Waals surface area (Å²) in [5.74, 6) is 0. The largest absolute Gasteiger partial charge is 0.375 e. The van der Waals surface area contributed by atoms with E-state index in [-0.39, 0.29) is 0 Å². The SMILES string of the molecule is Cc1cc(S(=O)(=O)N2CCN(Cc3cnc(N)s3)CC2)c(C)s1. The van der Waals surface area contributed by atoms with Gasteiger partial charge in [-0.25, -0.2) is 13.4 Å². The van der Waals surface area contributed by atoms with Gasteiger partial charge in [0.15, 0.2) is 5.13 Å². The Bertz CT molecular complexity index is 789. The van der Waals surface area contributed by atoms with E-state index < -0.39 is 10.0 Å². The van der Waals surface area contributed by atoms with E-state index in [1.54, 1.807) is 16.6 Å². The number of anilines is 1. The van der Waals surface area contributed by atoms with Crippen LogP contribution in [0.2, 0.25) is 0 Å². The minimum absolute atomic E-state index is 0.462. The second-order valence-electron chi connectivity index (χ2n) is 5.62. The van der Waals surface area contributed by atoms with E-state index in [9.17, 15) is 8.42 Å². The highest BCUT2D eigenvalue weighted by atomic mass is 32.2. The first-order valence-corrected chi connectivity index (χ1v) is 10.4. The Morgan fingerprint density at radius 3 is 2.43 bits per heavy atom. The molecule has 0 spiro atoms. The quantitative estimate of drug-likeness (QED) is 0.887. The third kappa shape index (κ3) is 3.58. The molecule has 3 heterocycles. The Balaban J connectivity index is 1.65. The molecule has 126 valence electrons. The molecule has 23 heavy (non-hydrogen) atoms. The van der Waals surface area contributed by atoms with Crippen molar-refractivity contribution in [1.29, 1.82) is 0 Å². The Morgan fingerprint density at radius 1 is 1.22 bits per heavy atom. The molecular weight excluding hydrogens is 352 g/mol. The number of aryl methyl sites for hydroxylation is 2. The zero-order valence-electron chi connectivity index (χ0n) is 13.2. The van der Waals surface area contributed by atoms with Gasteiger partial charge in [-0.2, -0.15) is 4.31 Å². The number of thiophene rings is 1. The van der Waals surface area contributed by atoms with Crippen molar-refractivity contribution in [3.63, 3.8) is 0 Å². The molecule has 0 amide bonds. The second-order valence-corrected chi connectivity index (χ2v) is 10.1. The molecule has 1 aliphatic heterocycles. The monoisotopic (exact) mass is 372 g/mol. The number of thiazole rings is 1. The number of nitrogens with zero attached hydrogens (tertiary/aromatic N) is 3. The van der Waals surface area contributed by atoms with Crippen molar-refractivity contribution in [2.24, 2.45) is 0 Å². The minimum Gasteiger partial charge on any atom is -0.375 e. The molecule has 1 saturated heterocycles. The molecule has 3 rings (SSSR count). The molecule has 0 radical (unpaired) electrons. The molecule has 0 aromatic carbocycles. The minimum atomic E-state index is -3.38. The van der Waals surface area contributed by atoms with Crippen molar-refractivity contribution in [2.45, 2.75) is 25.3 Å². The highest BCUT2D eigenvalue weighted by Gasteiger charge is 2.30. The first-order valence-electron chi connectivity index (χ1n) is 7.36. The van der Waals surface area contributed by atoms with E-state index in [4.69, 9.17) is 5.73 Å². The summed E-state index contributed by atoms with van der Waals surface area (Å²) in [6.07, 6.45) is 1.79. The number of aromatic nitrogens is 1. The fourth-order valence-electron chi connectivity index (χ4n) is 2.75. The van der Waals surface area contributed by atoms with Crippen LogP contribution in [0.1, 0.15) is 14.6 Å².